The number of rotatable bonds is 4. The molecule has 312 valence electrons. The van der Waals surface area contributed by atoms with Crippen LogP contribution in [0.25, 0.3) is 74.2 Å². The van der Waals surface area contributed by atoms with Crippen molar-refractivity contribution in [2.45, 2.75) is 105 Å². The van der Waals surface area contributed by atoms with E-state index in [1.165, 1.54) is 22.3 Å². The van der Waals surface area contributed by atoms with Crippen molar-refractivity contribution in [1.82, 2.24) is 19.9 Å². The molecule has 0 N–H and O–H groups in total. The minimum Gasteiger partial charge on any atom is -0.657 e. The van der Waals surface area contributed by atoms with E-state index in [0.717, 1.165) is 78.2 Å². The van der Waals surface area contributed by atoms with Crippen LogP contribution in [0.4, 0.5) is 0 Å². The molecule has 0 aliphatic carbocycles. The standard InChI is InChI=1S/C56H58N4.Ni/c1-53(2,3)39-26-37(27-40(31-39)54(4,5)6)51-46-23-20-43(57-46)33-44-21-24-48(58-44)52(38-28-41(55(7,8)9)32-42(29-38)56(10,11)12)50-30-36(19-18-35-16-14-13-15-17-35)49(60-50)34-45-22-25-47(51)59-45;/h13-34H,1-12H3;/q-2;+2/b19-18+,43-33?,44-33?,45-34?,49-34?,51-46?,51-47?,52-48?,52-50?;. The first-order valence-electron chi connectivity index (χ1n) is 21.3. The van der Waals surface area contributed by atoms with Crippen LogP contribution in [-0.4, -0.2) is 9.97 Å². The van der Waals surface area contributed by atoms with E-state index in [0.29, 0.717) is 0 Å². The Balaban J connectivity index is 0.00000561. The van der Waals surface area contributed by atoms with Gasteiger partial charge in [-0.15, -0.1) is 22.1 Å². The second-order valence-electron chi connectivity index (χ2n) is 20.6. The maximum Gasteiger partial charge on any atom is 2.00 e. The maximum atomic E-state index is 5.47. The fourth-order valence-corrected chi connectivity index (χ4v) is 7.79. The summed E-state index contributed by atoms with van der Waals surface area (Å²) in [6.07, 6.45) is 10.8. The van der Waals surface area contributed by atoms with Crippen molar-refractivity contribution in [2.24, 2.45) is 0 Å². The fourth-order valence-electron chi connectivity index (χ4n) is 7.79. The molecular weight excluding hydrogens is 787 g/mol. The average Bonchev–Trinajstić information content (AvgIpc) is 4.00. The van der Waals surface area contributed by atoms with Gasteiger partial charge in [0.15, 0.2) is 0 Å². The zero-order chi connectivity index (χ0) is 42.8. The Morgan fingerprint density at radius 1 is 0.459 bits per heavy atom. The molecule has 6 aromatic rings. The average molecular weight is 846 g/mol. The third kappa shape index (κ3) is 9.38. The van der Waals surface area contributed by atoms with Gasteiger partial charge < -0.3 is 9.97 Å². The molecule has 0 amide bonds. The van der Waals surface area contributed by atoms with E-state index in [-0.39, 0.29) is 38.2 Å². The predicted molar refractivity (Wildman–Crippen MR) is 257 cm³/mol. The minimum absolute atomic E-state index is 0. The van der Waals surface area contributed by atoms with Crippen LogP contribution < -0.4 is 9.97 Å². The van der Waals surface area contributed by atoms with E-state index < -0.39 is 0 Å². The van der Waals surface area contributed by atoms with Crippen molar-refractivity contribution in [3.8, 4) is 22.3 Å². The zero-order valence-electron chi connectivity index (χ0n) is 37.8. The summed E-state index contributed by atoms with van der Waals surface area (Å²) in [5, 5.41) is 0. The molecule has 0 fully saturated rings. The molecule has 0 radical (unpaired) electrons. The van der Waals surface area contributed by atoms with Crippen LogP contribution >= 0.6 is 0 Å². The van der Waals surface area contributed by atoms with Crippen molar-refractivity contribution >= 4 is 51.9 Å². The molecule has 2 aliphatic rings. The van der Waals surface area contributed by atoms with E-state index in [1.54, 1.807) is 0 Å². The van der Waals surface area contributed by atoms with Gasteiger partial charge in [-0.2, -0.15) is 0 Å². The van der Waals surface area contributed by atoms with Gasteiger partial charge in [0.2, 0.25) is 0 Å². The second kappa shape index (κ2) is 16.1. The van der Waals surface area contributed by atoms with Crippen molar-refractivity contribution < 1.29 is 16.5 Å². The molecule has 8 bridgehead atoms. The van der Waals surface area contributed by atoms with E-state index in [2.05, 4.69) is 211 Å². The van der Waals surface area contributed by atoms with Crippen molar-refractivity contribution in [1.29, 1.82) is 0 Å². The molecule has 0 saturated heterocycles. The van der Waals surface area contributed by atoms with Gasteiger partial charge in [0.1, 0.15) is 0 Å². The van der Waals surface area contributed by atoms with E-state index >= 15 is 0 Å². The SMILES string of the molecule is CC(C)(C)c1cc(-c2c3nc(cc4ccc([n-]4)c(-c4cc(C(C)(C)C)cc(C(C)(C)C)c4)c4nc(cc5ccc2[n-]5)C(/C=C/c2ccccc2)=C4)C=C3)cc(C(C)(C)C)c1.[Ni+2]. The molecule has 3 aromatic heterocycles. The van der Waals surface area contributed by atoms with Crippen LogP contribution in [0.5, 0.6) is 0 Å². The Morgan fingerprint density at radius 3 is 1.43 bits per heavy atom. The summed E-state index contributed by atoms with van der Waals surface area (Å²) >= 11 is 0. The Kier molecular flexibility index (Phi) is 11.5. The summed E-state index contributed by atoms with van der Waals surface area (Å²) in [6, 6.07) is 37.2. The predicted octanol–water partition coefficient (Wildman–Crippen LogP) is 14.5. The topological polar surface area (TPSA) is 54.0 Å². The molecule has 0 atom stereocenters. The first-order valence-corrected chi connectivity index (χ1v) is 21.3. The van der Waals surface area contributed by atoms with Gasteiger partial charge in [0.25, 0.3) is 0 Å². The van der Waals surface area contributed by atoms with Gasteiger partial charge in [0, 0.05) is 5.57 Å². The number of nitrogens with zero attached hydrogens (tertiary/aromatic N) is 4. The molecule has 61 heavy (non-hydrogen) atoms. The van der Waals surface area contributed by atoms with Crippen molar-refractivity contribution in [3.63, 3.8) is 0 Å². The third-order valence-corrected chi connectivity index (χ3v) is 11.6. The van der Waals surface area contributed by atoms with Gasteiger partial charge in [-0.05, 0) is 90.0 Å². The second-order valence-corrected chi connectivity index (χ2v) is 20.6. The Bertz CT molecular complexity index is 2820. The minimum atomic E-state index is -0.0597. The van der Waals surface area contributed by atoms with Crippen LogP contribution in [0.2, 0.25) is 0 Å². The molecule has 4 nitrogen and oxygen atoms in total. The molecule has 8 rings (SSSR count). The first-order chi connectivity index (χ1) is 28.2. The number of aromatic nitrogens is 4. The molecule has 5 heterocycles. The van der Waals surface area contributed by atoms with Gasteiger partial charge >= 0.3 is 16.5 Å². The Labute approximate surface area is 373 Å². The first kappa shape index (κ1) is 43.6. The summed E-state index contributed by atoms with van der Waals surface area (Å²) in [5.74, 6) is 0. The largest absolute Gasteiger partial charge is 2.00 e. The number of hydrogen-bond donors (Lipinski definition) is 0. The van der Waals surface area contributed by atoms with Crippen LogP contribution in [0.15, 0.2) is 109 Å². The number of benzene rings is 3. The van der Waals surface area contributed by atoms with Crippen LogP contribution in [0, 0.1) is 0 Å². The molecule has 0 spiro atoms. The summed E-state index contributed by atoms with van der Waals surface area (Å²) in [7, 11) is 0. The molecular formula is C56H58N4Ni. The summed E-state index contributed by atoms with van der Waals surface area (Å²) in [6.45, 7) is 27.4. The Morgan fingerprint density at radius 2 is 0.934 bits per heavy atom. The van der Waals surface area contributed by atoms with Gasteiger partial charge in [-0.3, -0.25) is 0 Å². The van der Waals surface area contributed by atoms with E-state index in [1.807, 2.05) is 6.07 Å². The van der Waals surface area contributed by atoms with Gasteiger partial charge in [-0.1, -0.05) is 198 Å². The number of allylic oxidation sites excluding steroid dienone is 2. The van der Waals surface area contributed by atoms with Gasteiger partial charge in [0.05, 0.1) is 22.8 Å². The summed E-state index contributed by atoms with van der Waals surface area (Å²) in [4.78, 5) is 21.4. The quantitative estimate of drug-likeness (QED) is 0.166. The molecule has 2 aliphatic heterocycles. The molecule has 0 saturated carbocycles. The van der Waals surface area contributed by atoms with E-state index in [4.69, 9.17) is 19.9 Å². The van der Waals surface area contributed by atoms with E-state index in [9.17, 15) is 0 Å². The normalized spacial score (nSPS) is 13.4. The smallest absolute Gasteiger partial charge is 0.657 e. The summed E-state index contributed by atoms with van der Waals surface area (Å²) < 4.78 is 0. The van der Waals surface area contributed by atoms with Crippen LogP contribution in [-0.2, 0) is 38.2 Å². The van der Waals surface area contributed by atoms with Crippen molar-refractivity contribution in [2.75, 3.05) is 0 Å². The van der Waals surface area contributed by atoms with Crippen LogP contribution in [0.1, 0.15) is 134 Å². The fraction of sp³-hybridized carbons (Fsp3) is 0.286. The van der Waals surface area contributed by atoms with Crippen molar-refractivity contribution in [3.05, 3.63) is 160 Å². The monoisotopic (exact) mass is 844 g/mol. The maximum absolute atomic E-state index is 5.47. The van der Waals surface area contributed by atoms with Gasteiger partial charge in [-0.25, -0.2) is 9.97 Å². The van der Waals surface area contributed by atoms with Crippen LogP contribution in [0.3, 0.4) is 0 Å². The number of fused-ring (bicyclic) bond motifs is 8. The molecule has 0 unspecified atom stereocenters. The third-order valence-electron chi connectivity index (χ3n) is 11.6. The Hall–Kier alpha value is -5.51. The summed E-state index contributed by atoms with van der Waals surface area (Å²) in [5.41, 5.74) is 18.2. The molecule has 5 heteroatoms. The zero-order valence-corrected chi connectivity index (χ0v) is 38.8. The number of hydrogen-bond acceptors (Lipinski definition) is 2. The molecule has 3 aromatic carbocycles.